The number of nitrogens with zero attached hydrogens (tertiary/aromatic N) is 1. The standard InChI is InChI=1S/C14H21ClN2OS/c1-3-5-6-12(16)14(18)17(9-4-2)10-11-7-8-13(15)19-11/h4,7-8,12H,2-3,5-6,9-10,16H2,1H3/t12-/m0/s1. The predicted molar refractivity (Wildman–Crippen MR) is 82.4 cm³/mol. The zero-order valence-electron chi connectivity index (χ0n) is 11.3. The molecule has 1 rings (SSSR count). The number of thiophene rings is 1. The largest absolute Gasteiger partial charge is 0.332 e. The van der Waals surface area contributed by atoms with Crippen LogP contribution in [0.5, 0.6) is 0 Å². The third kappa shape index (κ3) is 5.35. The first-order valence-corrected chi connectivity index (χ1v) is 7.67. The van der Waals surface area contributed by atoms with Gasteiger partial charge in [0.2, 0.25) is 5.91 Å². The molecular formula is C14H21ClN2OS. The molecule has 3 nitrogen and oxygen atoms in total. The maximum absolute atomic E-state index is 12.3. The van der Waals surface area contributed by atoms with Crippen molar-refractivity contribution >= 4 is 28.8 Å². The zero-order chi connectivity index (χ0) is 14.3. The van der Waals surface area contributed by atoms with Crippen LogP contribution in [0.2, 0.25) is 4.34 Å². The molecule has 0 aromatic carbocycles. The third-order valence-electron chi connectivity index (χ3n) is 2.82. The molecule has 19 heavy (non-hydrogen) atoms. The number of nitrogens with two attached hydrogens (primary N) is 1. The fourth-order valence-corrected chi connectivity index (χ4v) is 2.90. The Bertz CT molecular complexity index is 419. The molecule has 0 unspecified atom stereocenters. The Balaban J connectivity index is 2.65. The highest BCUT2D eigenvalue weighted by Crippen LogP contribution is 2.23. The lowest BCUT2D eigenvalue weighted by Gasteiger charge is -2.24. The summed E-state index contributed by atoms with van der Waals surface area (Å²) in [6.07, 6.45) is 4.47. The van der Waals surface area contributed by atoms with Crippen molar-refractivity contribution in [3.63, 3.8) is 0 Å². The van der Waals surface area contributed by atoms with Crippen LogP contribution in [0, 0.1) is 0 Å². The number of carbonyl (C=O) groups excluding carboxylic acids is 1. The summed E-state index contributed by atoms with van der Waals surface area (Å²) in [5.74, 6) is -0.0159. The molecular weight excluding hydrogens is 280 g/mol. The Morgan fingerprint density at radius 3 is 2.89 bits per heavy atom. The first kappa shape index (κ1) is 16.2. The molecule has 0 saturated carbocycles. The van der Waals surface area contributed by atoms with Crippen LogP contribution in [-0.4, -0.2) is 23.4 Å². The van der Waals surface area contributed by atoms with Gasteiger partial charge in [-0.25, -0.2) is 0 Å². The number of halogens is 1. The first-order valence-electron chi connectivity index (χ1n) is 6.48. The molecule has 0 bridgehead atoms. The highest BCUT2D eigenvalue weighted by molar-refractivity contribution is 7.16. The molecule has 0 aliphatic rings. The molecule has 1 heterocycles. The Hall–Kier alpha value is -0.840. The van der Waals surface area contributed by atoms with Crippen molar-refractivity contribution in [3.8, 4) is 0 Å². The van der Waals surface area contributed by atoms with E-state index < -0.39 is 6.04 Å². The highest BCUT2D eigenvalue weighted by atomic mass is 35.5. The average molecular weight is 301 g/mol. The minimum Gasteiger partial charge on any atom is -0.332 e. The smallest absolute Gasteiger partial charge is 0.240 e. The van der Waals surface area contributed by atoms with Crippen molar-refractivity contribution in [1.29, 1.82) is 0 Å². The molecule has 1 aromatic rings. The molecule has 0 aliphatic heterocycles. The van der Waals surface area contributed by atoms with Gasteiger partial charge in [-0.05, 0) is 18.6 Å². The molecule has 5 heteroatoms. The van der Waals surface area contributed by atoms with Crippen molar-refractivity contribution in [2.45, 2.75) is 38.8 Å². The van der Waals surface area contributed by atoms with E-state index in [2.05, 4.69) is 13.5 Å². The minimum atomic E-state index is -0.421. The van der Waals surface area contributed by atoms with Gasteiger partial charge in [0.25, 0.3) is 0 Å². The van der Waals surface area contributed by atoms with Crippen molar-refractivity contribution < 1.29 is 4.79 Å². The van der Waals surface area contributed by atoms with Crippen LogP contribution in [0.25, 0.3) is 0 Å². The first-order chi connectivity index (χ1) is 9.08. The fourth-order valence-electron chi connectivity index (χ4n) is 1.80. The van der Waals surface area contributed by atoms with E-state index in [0.29, 0.717) is 13.1 Å². The van der Waals surface area contributed by atoms with Crippen molar-refractivity contribution in [2.24, 2.45) is 5.73 Å². The third-order valence-corrected chi connectivity index (χ3v) is 4.04. The average Bonchev–Trinajstić information content (AvgIpc) is 2.80. The second-order valence-corrected chi connectivity index (χ2v) is 6.26. The summed E-state index contributed by atoms with van der Waals surface area (Å²) < 4.78 is 0.733. The lowest BCUT2D eigenvalue weighted by Crippen LogP contribution is -2.43. The van der Waals surface area contributed by atoms with Crippen LogP contribution < -0.4 is 5.73 Å². The van der Waals surface area contributed by atoms with Gasteiger partial charge in [-0.15, -0.1) is 17.9 Å². The van der Waals surface area contributed by atoms with E-state index in [4.69, 9.17) is 17.3 Å². The molecule has 1 atom stereocenters. The van der Waals surface area contributed by atoms with E-state index in [9.17, 15) is 4.79 Å². The van der Waals surface area contributed by atoms with E-state index in [0.717, 1.165) is 28.5 Å². The van der Waals surface area contributed by atoms with Gasteiger partial charge >= 0.3 is 0 Å². The molecule has 2 N–H and O–H groups in total. The second-order valence-electron chi connectivity index (χ2n) is 4.46. The SMILES string of the molecule is C=CCN(Cc1ccc(Cl)s1)C(=O)[C@@H](N)CCCC. The summed E-state index contributed by atoms with van der Waals surface area (Å²) in [6, 6.07) is 3.36. The van der Waals surface area contributed by atoms with Crippen molar-refractivity contribution in [2.75, 3.05) is 6.54 Å². The van der Waals surface area contributed by atoms with Gasteiger partial charge in [0.05, 0.1) is 16.9 Å². The summed E-state index contributed by atoms with van der Waals surface area (Å²) in [5, 5.41) is 0. The van der Waals surface area contributed by atoms with E-state index in [1.807, 2.05) is 12.1 Å². The zero-order valence-corrected chi connectivity index (χ0v) is 12.8. The Kier molecular flexibility index (Phi) is 7.13. The Morgan fingerprint density at radius 2 is 2.37 bits per heavy atom. The summed E-state index contributed by atoms with van der Waals surface area (Å²) in [7, 11) is 0. The van der Waals surface area contributed by atoms with E-state index >= 15 is 0 Å². The summed E-state index contributed by atoms with van der Waals surface area (Å²) in [4.78, 5) is 15.1. The van der Waals surface area contributed by atoms with Gasteiger partial charge in [-0.1, -0.05) is 37.4 Å². The molecule has 1 amide bonds. The Morgan fingerprint density at radius 1 is 1.63 bits per heavy atom. The van der Waals surface area contributed by atoms with Gasteiger partial charge < -0.3 is 10.6 Å². The molecule has 0 aliphatic carbocycles. The number of hydrogen-bond acceptors (Lipinski definition) is 3. The van der Waals surface area contributed by atoms with Crippen LogP contribution in [0.3, 0.4) is 0 Å². The second kappa shape index (κ2) is 8.35. The van der Waals surface area contributed by atoms with Gasteiger partial charge in [0.15, 0.2) is 0 Å². The van der Waals surface area contributed by atoms with Crippen LogP contribution in [-0.2, 0) is 11.3 Å². The lowest BCUT2D eigenvalue weighted by molar-refractivity contribution is -0.132. The summed E-state index contributed by atoms with van der Waals surface area (Å²) in [5.41, 5.74) is 5.95. The monoisotopic (exact) mass is 300 g/mol. The number of unbranched alkanes of at least 4 members (excludes halogenated alkanes) is 1. The summed E-state index contributed by atoms with van der Waals surface area (Å²) in [6.45, 7) is 6.84. The number of rotatable bonds is 8. The molecule has 0 radical (unpaired) electrons. The molecule has 1 aromatic heterocycles. The van der Waals surface area contributed by atoms with E-state index in [1.54, 1.807) is 11.0 Å². The maximum atomic E-state index is 12.3. The molecule has 0 saturated heterocycles. The topological polar surface area (TPSA) is 46.3 Å². The predicted octanol–water partition coefficient (Wildman–Crippen LogP) is 3.43. The molecule has 106 valence electrons. The van der Waals surface area contributed by atoms with Crippen molar-refractivity contribution in [1.82, 2.24) is 4.90 Å². The summed E-state index contributed by atoms with van der Waals surface area (Å²) >= 11 is 7.39. The lowest BCUT2D eigenvalue weighted by atomic mass is 10.1. The normalized spacial score (nSPS) is 12.2. The number of amides is 1. The molecule has 0 spiro atoms. The molecule has 0 fully saturated rings. The van der Waals surface area contributed by atoms with Crippen molar-refractivity contribution in [3.05, 3.63) is 34.0 Å². The van der Waals surface area contributed by atoms with Gasteiger partial charge in [0, 0.05) is 11.4 Å². The van der Waals surface area contributed by atoms with Crippen LogP contribution in [0.4, 0.5) is 0 Å². The Labute approximate surface area is 124 Å². The van der Waals surface area contributed by atoms with Gasteiger partial charge in [0.1, 0.15) is 0 Å². The van der Waals surface area contributed by atoms with E-state index in [-0.39, 0.29) is 5.91 Å². The number of carbonyl (C=O) groups is 1. The van der Waals surface area contributed by atoms with Crippen LogP contribution in [0.15, 0.2) is 24.8 Å². The minimum absolute atomic E-state index is 0.0159. The quantitative estimate of drug-likeness (QED) is 0.748. The van der Waals surface area contributed by atoms with Crippen LogP contribution >= 0.6 is 22.9 Å². The van der Waals surface area contributed by atoms with Crippen LogP contribution in [0.1, 0.15) is 31.1 Å². The maximum Gasteiger partial charge on any atom is 0.240 e. The fraction of sp³-hybridized carbons (Fsp3) is 0.500. The highest BCUT2D eigenvalue weighted by Gasteiger charge is 2.20. The van der Waals surface area contributed by atoms with Gasteiger partial charge in [-0.3, -0.25) is 4.79 Å². The number of hydrogen-bond donors (Lipinski definition) is 1. The van der Waals surface area contributed by atoms with E-state index in [1.165, 1.54) is 11.3 Å². The van der Waals surface area contributed by atoms with Gasteiger partial charge in [-0.2, -0.15) is 0 Å².